The Hall–Kier alpha value is 0.01000. The van der Waals surface area contributed by atoms with Crippen LogP contribution < -0.4 is 0 Å². The van der Waals surface area contributed by atoms with Gasteiger partial charge in [-0.1, -0.05) is 19.9 Å². The van der Waals surface area contributed by atoms with Gasteiger partial charge in [-0.2, -0.15) is 12.6 Å². The highest BCUT2D eigenvalue weighted by Crippen LogP contribution is 1.94. The summed E-state index contributed by atoms with van der Waals surface area (Å²) in [5, 5.41) is 0. The van der Waals surface area contributed by atoms with E-state index >= 15 is 0 Å². The van der Waals surface area contributed by atoms with Crippen LogP contribution in [0.5, 0.6) is 0 Å². The second-order valence-corrected chi connectivity index (χ2v) is 3.24. The minimum atomic E-state index is 0.598. The minimum Gasteiger partial charge on any atom is -0.379 e. The number of hydrogen-bond donors (Lipinski definition) is 1. The largest absolute Gasteiger partial charge is 0.379 e. The third kappa shape index (κ3) is 9.93. The predicted molar refractivity (Wildman–Crippen MR) is 59.5 cm³/mol. The maximum atomic E-state index is 5.32. The van der Waals surface area contributed by atoms with Crippen molar-refractivity contribution in [1.82, 2.24) is 0 Å². The van der Waals surface area contributed by atoms with Crippen LogP contribution in [0.3, 0.4) is 0 Å². The molecule has 0 rings (SSSR count). The van der Waals surface area contributed by atoms with Crippen LogP contribution in [-0.2, 0) is 9.47 Å². The summed E-state index contributed by atoms with van der Waals surface area (Å²) >= 11 is 4.08. The van der Waals surface area contributed by atoms with Gasteiger partial charge in [-0.3, -0.25) is 0 Å². The van der Waals surface area contributed by atoms with E-state index in [9.17, 15) is 0 Å². The van der Waals surface area contributed by atoms with Crippen molar-refractivity contribution in [1.29, 1.82) is 0 Å². The van der Waals surface area contributed by atoms with Gasteiger partial charge in [-0.25, -0.2) is 0 Å². The minimum absolute atomic E-state index is 0.598. The van der Waals surface area contributed by atoms with Crippen molar-refractivity contribution in [2.45, 2.75) is 19.8 Å². The van der Waals surface area contributed by atoms with E-state index in [1.165, 1.54) is 6.42 Å². The van der Waals surface area contributed by atoms with E-state index in [2.05, 4.69) is 26.1 Å². The van der Waals surface area contributed by atoms with Crippen molar-refractivity contribution in [2.75, 3.05) is 32.2 Å². The maximum Gasteiger partial charge on any atom is 0.0704 e. The van der Waals surface area contributed by atoms with Crippen molar-refractivity contribution in [3.8, 4) is 0 Å². The number of thiol groups is 1. The van der Waals surface area contributed by atoms with Gasteiger partial charge in [0, 0.05) is 12.4 Å². The second kappa shape index (κ2) is 10.1. The van der Waals surface area contributed by atoms with Gasteiger partial charge in [0.05, 0.1) is 19.8 Å². The van der Waals surface area contributed by atoms with Gasteiger partial charge in [0.15, 0.2) is 0 Å². The fraction of sp³-hybridized carbons (Fsp3) is 0.800. The molecule has 0 unspecified atom stereocenters. The molecular weight excluding hydrogens is 184 g/mol. The summed E-state index contributed by atoms with van der Waals surface area (Å²) in [6, 6.07) is 0. The highest BCUT2D eigenvalue weighted by Gasteiger charge is 1.92. The Labute approximate surface area is 86.7 Å². The maximum absolute atomic E-state index is 5.32. The first-order valence-electron chi connectivity index (χ1n) is 4.74. The molecule has 0 atom stereocenters. The average Bonchev–Trinajstić information content (AvgIpc) is 2.16. The smallest absolute Gasteiger partial charge is 0.0704 e. The lowest BCUT2D eigenvalue weighted by Gasteiger charge is -2.05. The molecule has 0 amide bonds. The molecule has 0 bridgehead atoms. The van der Waals surface area contributed by atoms with Gasteiger partial charge in [-0.15, -0.1) is 0 Å². The van der Waals surface area contributed by atoms with Crippen LogP contribution in [-0.4, -0.2) is 32.2 Å². The van der Waals surface area contributed by atoms with Crippen molar-refractivity contribution >= 4 is 12.6 Å². The Morgan fingerprint density at radius 2 is 1.92 bits per heavy atom. The summed E-state index contributed by atoms with van der Waals surface area (Å²) in [6.07, 6.45) is 2.31. The van der Waals surface area contributed by atoms with Gasteiger partial charge in [0.25, 0.3) is 0 Å². The molecule has 0 fully saturated rings. The zero-order chi connectivity index (χ0) is 9.94. The van der Waals surface area contributed by atoms with E-state index in [-0.39, 0.29) is 0 Å². The van der Waals surface area contributed by atoms with Crippen LogP contribution in [0.4, 0.5) is 0 Å². The first-order valence-corrected chi connectivity index (χ1v) is 5.37. The summed E-state index contributed by atoms with van der Waals surface area (Å²) < 4.78 is 10.6. The molecule has 0 saturated heterocycles. The molecule has 78 valence electrons. The SMILES string of the molecule is C=C(CS)COCCOCCCC. The number of rotatable bonds is 9. The lowest BCUT2D eigenvalue weighted by molar-refractivity contribution is 0.0553. The molecule has 0 aliphatic rings. The number of hydrogen-bond acceptors (Lipinski definition) is 3. The van der Waals surface area contributed by atoms with E-state index in [0.717, 1.165) is 18.6 Å². The van der Waals surface area contributed by atoms with Crippen molar-refractivity contribution in [3.63, 3.8) is 0 Å². The Kier molecular flexibility index (Phi) is 10.1. The van der Waals surface area contributed by atoms with E-state index in [1.54, 1.807) is 0 Å². The number of unbranched alkanes of at least 4 members (excludes halogenated alkanes) is 1. The fourth-order valence-corrected chi connectivity index (χ4v) is 0.820. The molecule has 3 heteroatoms. The third-order valence-electron chi connectivity index (χ3n) is 1.54. The summed E-state index contributed by atoms with van der Waals surface area (Å²) in [6.45, 7) is 8.70. The first-order chi connectivity index (χ1) is 6.31. The van der Waals surface area contributed by atoms with E-state index < -0.39 is 0 Å². The van der Waals surface area contributed by atoms with Gasteiger partial charge in [-0.05, 0) is 12.0 Å². The second-order valence-electron chi connectivity index (χ2n) is 2.93. The molecule has 0 heterocycles. The fourth-order valence-electron chi connectivity index (χ4n) is 0.728. The van der Waals surface area contributed by atoms with Crippen LogP contribution in [0.2, 0.25) is 0 Å². The molecule has 0 N–H and O–H groups in total. The Morgan fingerprint density at radius 3 is 2.54 bits per heavy atom. The highest BCUT2D eigenvalue weighted by atomic mass is 32.1. The van der Waals surface area contributed by atoms with E-state index in [4.69, 9.17) is 9.47 Å². The molecular formula is C10H20O2S. The van der Waals surface area contributed by atoms with E-state index in [0.29, 0.717) is 25.6 Å². The highest BCUT2D eigenvalue weighted by molar-refractivity contribution is 7.80. The molecule has 0 aromatic carbocycles. The van der Waals surface area contributed by atoms with Crippen molar-refractivity contribution < 1.29 is 9.47 Å². The van der Waals surface area contributed by atoms with Crippen LogP contribution >= 0.6 is 12.6 Å². The number of ether oxygens (including phenoxy) is 2. The predicted octanol–water partition coefficient (Wildman–Crippen LogP) is 2.31. The molecule has 2 nitrogen and oxygen atoms in total. The first kappa shape index (κ1) is 13.0. The molecule has 0 radical (unpaired) electrons. The zero-order valence-electron chi connectivity index (χ0n) is 8.42. The molecule has 0 spiro atoms. The van der Waals surface area contributed by atoms with E-state index in [1.807, 2.05) is 0 Å². The lowest BCUT2D eigenvalue weighted by atomic mass is 10.4. The Balaban J connectivity index is 2.95. The van der Waals surface area contributed by atoms with Crippen molar-refractivity contribution in [2.24, 2.45) is 0 Å². The average molecular weight is 204 g/mol. The van der Waals surface area contributed by atoms with Gasteiger partial charge < -0.3 is 9.47 Å². The summed E-state index contributed by atoms with van der Waals surface area (Å²) in [5.74, 6) is 0.691. The summed E-state index contributed by atoms with van der Waals surface area (Å²) in [4.78, 5) is 0. The van der Waals surface area contributed by atoms with Gasteiger partial charge in [0.2, 0.25) is 0 Å². The lowest BCUT2D eigenvalue weighted by Crippen LogP contribution is -2.07. The molecule has 0 aromatic heterocycles. The normalized spacial score (nSPS) is 10.3. The molecule has 0 saturated carbocycles. The quantitative estimate of drug-likeness (QED) is 0.353. The summed E-state index contributed by atoms with van der Waals surface area (Å²) in [7, 11) is 0. The van der Waals surface area contributed by atoms with Crippen LogP contribution in [0, 0.1) is 0 Å². The van der Waals surface area contributed by atoms with Crippen LogP contribution in [0.15, 0.2) is 12.2 Å². The van der Waals surface area contributed by atoms with Gasteiger partial charge >= 0.3 is 0 Å². The Morgan fingerprint density at radius 1 is 1.23 bits per heavy atom. The topological polar surface area (TPSA) is 18.5 Å². The zero-order valence-corrected chi connectivity index (χ0v) is 9.31. The monoisotopic (exact) mass is 204 g/mol. The summed E-state index contributed by atoms with van der Waals surface area (Å²) in [5.41, 5.74) is 1.01. The van der Waals surface area contributed by atoms with Crippen LogP contribution in [0.1, 0.15) is 19.8 Å². The third-order valence-corrected chi connectivity index (χ3v) is 1.99. The molecule has 0 aliphatic heterocycles. The van der Waals surface area contributed by atoms with Gasteiger partial charge in [0.1, 0.15) is 0 Å². The van der Waals surface area contributed by atoms with Crippen LogP contribution in [0.25, 0.3) is 0 Å². The van der Waals surface area contributed by atoms with Crippen molar-refractivity contribution in [3.05, 3.63) is 12.2 Å². The Bertz CT molecular complexity index is 126. The standard InChI is InChI=1S/C10H20O2S/c1-3-4-5-11-6-7-12-8-10(2)9-13/h13H,2-9H2,1H3. The molecule has 0 aliphatic carbocycles. The molecule has 0 aromatic rings. The molecule has 13 heavy (non-hydrogen) atoms.